The molecule has 90 valence electrons. The maximum Gasteiger partial charge on any atom is 0.228 e. The monoisotopic (exact) mass is 246 g/mol. The van der Waals surface area contributed by atoms with Crippen molar-refractivity contribution >= 4 is 24.0 Å². The van der Waals surface area contributed by atoms with E-state index in [0.717, 1.165) is 0 Å². The van der Waals surface area contributed by atoms with E-state index in [-0.39, 0.29) is 24.1 Å². The number of anilines is 1. The molecule has 0 aromatic heterocycles. The second-order valence-electron chi connectivity index (χ2n) is 3.15. The molecule has 0 aliphatic heterocycles. The highest BCUT2D eigenvalue weighted by Crippen LogP contribution is 2.15. The quantitative estimate of drug-likeness (QED) is 0.883. The highest BCUT2D eigenvalue weighted by atomic mass is 35.5. The third-order valence-corrected chi connectivity index (χ3v) is 2.11. The van der Waals surface area contributed by atoms with E-state index in [2.05, 4.69) is 0 Å². The summed E-state index contributed by atoms with van der Waals surface area (Å²) in [5.74, 6) is -0.340. The number of hydrogen-bond acceptors (Lipinski definition) is 2. The Kier molecular flexibility index (Phi) is 6.69. The van der Waals surface area contributed by atoms with Crippen molar-refractivity contribution < 1.29 is 9.18 Å². The summed E-state index contributed by atoms with van der Waals surface area (Å²) in [4.78, 5) is 13.2. The summed E-state index contributed by atoms with van der Waals surface area (Å²) in [5.41, 5.74) is 6.02. The van der Waals surface area contributed by atoms with Gasteiger partial charge in [0.2, 0.25) is 5.91 Å². The molecule has 3 nitrogen and oxygen atoms in total. The minimum atomic E-state index is -0.305. The molecule has 16 heavy (non-hydrogen) atoms. The molecule has 2 N–H and O–H groups in total. The molecule has 1 amide bonds. The van der Waals surface area contributed by atoms with Crippen molar-refractivity contribution in [2.24, 2.45) is 5.73 Å². The van der Waals surface area contributed by atoms with Crippen LogP contribution in [0.1, 0.15) is 13.3 Å². The zero-order valence-corrected chi connectivity index (χ0v) is 9.97. The minimum Gasteiger partial charge on any atom is -0.330 e. The fraction of sp³-hybridized carbons (Fsp3) is 0.364. The Hall–Kier alpha value is -1.13. The number of nitrogens with zero attached hydrogens (tertiary/aromatic N) is 1. The normalized spacial score (nSPS) is 9.44. The first-order valence-corrected chi connectivity index (χ1v) is 4.95. The van der Waals surface area contributed by atoms with Gasteiger partial charge in [-0.2, -0.15) is 0 Å². The lowest BCUT2D eigenvalue weighted by molar-refractivity contribution is -0.118. The number of carbonyl (C=O) groups is 1. The van der Waals surface area contributed by atoms with Crippen molar-refractivity contribution in [2.45, 2.75) is 13.3 Å². The summed E-state index contributed by atoms with van der Waals surface area (Å²) in [5, 5.41) is 0. The largest absolute Gasteiger partial charge is 0.330 e. The van der Waals surface area contributed by atoms with Gasteiger partial charge in [0.05, 0.1) is 0 Å². The van der Waals surface area contributed by atoms with Gasteiger partial charge in [0.15, 0.2) is 0 Å². The first-order valence-electron chi connectivity index (χ1n) is 4.95. The van der Waals surface area contributed by atoms with Gasteiger partial charge in [-0.3, -0.25) is 4.79 Å². The number of hydrogen-bond donors (Lipinski definition) is 1. The molecule has 1 aromatic carbocycles. The predicted molar refractivity (Wildman–Crippen MR) is 65.3 cm³/mol. The zero-order chi connectivity index (χ0) is 11.3. The number of nitrogens with two attached hydrogens (primary N) is 1. The van der Waals surface area contributed by atoms with Crippen molar-refractivity contribution in [1.82, 2.24) is 0 Å². The van der Waals surface area contributed by atoms with Gasteiger partial charge >= 0.3 is 0 Å². The van der Waals surface area contributed by atoms with Crippen LogP contribution in [0.3, 0.4) is 0 Å². The molecule has 1 rings (SSSR count). The first-order chi connectivity index (χ1) is 7.19. The van der Waals surface area contributed by atoms with Gasteiger partial charge in [0.1, 0.15) is 5.82 Å². The minimum absolute atomic E-state index is 0. The molecule has 0 fully saturated rings. The maximum absolute atomic E-state index is 12.7. The first kappa shape index (κ1) is 14.9. The molecule has 1 aromatic rings. The zero-order valence-electron chi connectivity index (χ0n) is 9.15. The van der Waals surface area contributed by atoms with Crippen LogP contribution in [0.2, 0.25) is 0 Å². The van der Waals surface area contributed by atoms with Gasteiger partial charge < -0.3 is 10.6 Å². The molecule has 0 heterocycles. The fourth-order valence-corrected chi connectivity index (χ4v) is 1.38. The molecule has 0 radical (unpaired) electrons. The molecule has 0 saturated heterocycles. The summed E-state index contributed by atoms with van der Waals surface area (Å²) in [6.45, 7) is 2.76. The number of carbonyl (C=O) groups excluding carboxylic acids is 1. The van der Waals surface area contributed by atoms with E-state index in [1.54, 1.807) is 17.0 Å². The Labute approximate surface area is 101 Å². The molecule has 5 heteroatoms. The number of amides is 1. The smallest absolute Gasteiger partial charge is 0.228 e. The van der Waals surface area contributed by atoms with Crippen LogP contribution < -0.4 is 10.6 Å². The van der Waals surface area contributed by atoms with Crippen LogP contribution >= 0.6 is 12.4 Å². The average Bonchev–Trinajstić information content (AvgIpc) is 2.22. The van der Waals surface area contributed by atoms with Crippen LogP contribution in [0.15, 0.2) is 24.3 Å². The van der Waals surface area contributed by atoms with Crippen LogP contribution in [0.5, 0.6) is 0 Å². The predicted octanol–water partition coefficient (Wildman–Crippen LogP) is 1.95. The average molecular weight is 247 g/mol. The second-order valence-corrected chi connectivity index (χ2v) is 3.15. The lowest BCUT2D eigenvalue weighted by Crippen LogP contribution is -2.31. The SMILES string of the molecule is CCN(C(=O)CCN)c1ccc(F)cc1.Cl. The van der Waals surface area contributed by atoms with Gasteiger partial charge in [-0.15, -0.1) is 12.4 Å². The Morgan fingerprint density at radius 2 is 1.94 bits per heavy atom. The van der Waals surface area contributed by atoms with Crippen molar-refractivity contribution in [1.29, 1.82) is 0 Å². The lowest BCUT2D eigenvalue weighted by atomic mass is 10.2. The summed E-state index contributed by atoms with van der Waals surface area (Å²) in [6.07, 6.45) is 0.311. The number of benzene rings is 1. The molecular weight excluding hydrogens is 231 g/mol. The third-order valence-electron chi connectivity index (χ3n) is 2.11. The van der Waals surface area contributed by atoms with E-state index >= 15 is 0 Å². The Morgan fingerprint density at radius 3 is 2.38 bits per heavy atom. The fourth-order valence-electron chi connectivity index (χ4n) is 1.38. The second kappa shape index (κ2) is 7.19. The Balaban J connectivity index is 0.00000225. The Bertz CT molecular complexity index is 329. The van der Waals surface area contributed by atoms with Crippen LogP contribution in [0, 0.1) is 5.82 Å². The topological polar surface area (TPSA) is 46.3 Å². The lowest BCUT2D eigenvalue weighted by Gasteiger charge is -2.20. The standard InChI is InChI=1S/C11H15FN2O.ClH/c1-2-14(11(15)7-8-13)10-5-3-9(12)4-6-10;/h3-6H,2,7-8,13H2,1H3;1H. The molecule has 0 unspecified atom stereocenters. The van der Waals surface area contributed by atoms with Crippen molar-refractivity contribution in [3.63, 3.8) is 0 Å². The maximum atomic E-state index is 12.7. The molecule has 0 aliphatic carbocycles. The van der Waals surface area contributed by atoms with Crippen LogP contribution in [-0.4, -0.2) is 19.0 Å². The van der Waals surface area contributed by atoms with E-state index in [1.807, 2.05) is 6.92 Å². The van der Waals surface area contributed by atoms with Gasteiger partial charge in [0.25, 0.3) is 0 Å². The van der Waals surface area contributed by atoms with Gasteiger partial charge in [-0.1, -0.05) is 0 Å². The molecule has 0 bridgehead atoms. The van der Waals surface area contributed by atoms with E-state index in [0.29, 0.717) is 25.2 Å². The molecule has 0 aliphatic rings. The van der Waals surface area contributed by atoms with Gasteiger partial charge in [-0.25, -0.2) is 4.39 Å². The number of rotatable bonds is 4. The van der Waals surface area contributed by atoms with Crippen molar-refractivity contribution in [3.05, 3.63) is 30.1 Å². The van der Waals surface area contributed by atoms with Crippen LogP contribution in [0.25, 0.3) is 0 Å². The van der Waals surface area contributed by atoms with Crippen molar-refractivity contribution in [2.75, 3.05) is 18.0 Å². The van der Waals surface area contributed by atoms with Gasteiger partial charge in [0, 0.05) is 25.2 Å². The number of halogens is 2. The van der Waals surface area contributed by atoms with Gasteiger partial charge in [-0.05, 0) is 31.2 Å². The molecule has 0 saturated carbocycles. The molecule has 0 atom stereocenters. The van der Waals surface area contributed by atoms with Crippen LogP contribution in [-0.2, 0) is 4.79 Å². The van der Waals surface area contributed by atoms with E-state index in [1.165, 1.54) is 12.1 Å². The van der Waals surface area contributed by atoms with E-state index in [9.17, 15) is 9.18 Å². The summed E-state index contributed by atoms with van der Waals surface area (Å²) in [6, 6.07) is 5.86. The Morgan fingerprint density at radius 1 is 1.38 bits per heavy atom. The van der Waals surface area contributed by atoms with Crippen LogP contribution in [0.4, 0.5) is 10.1 Å². The summed E-state index contributed by atoms with van der Waals surface area (Å²) >= 11 is 0. The van der Waals surface area contributed by atoms with Crippen molar-refractivity contribution in [3.8, 4) is 0 Å². The highest BCUT2D eigenvalue weighted by molar-refractivity contribution is 5.93. The van der Waals surface area contributed by atoms with E-state index in [4.69, 9.17) is 5.73 Å². The molecular formula is C11H16ClFN2O. The molecule has 0 spiro atoms. The summed E-state index contributed by atoms with van der Waals surface area (Å²) < 4.78 is 12.7. The summed E-state index contributed by atoms with van der Waals surface area (Å²) in [7, 11) is 0. The highest BCUT2D eigenvalue weighted by Gasteiger charge is 2.12. The van der Waals surface area contributed by atoms with E-state index < -0.39 is 0 Å². The third kappa shape index (κ3) is 3.79.